The van der Waals surface area contributed by atoms with Crippen molar-refractivity contribution in [1.29, 1.82) is 5.26 Å². The van der Waals surface area contributed by atoms with Gasteiger partial charge in [-0.2, -0.15) is 5.26 Å². The third-order valence-electron chi connectivity index (χ3n) is 10.1. The molecule has 0 bridgehead atoms. The third-order valence-corrected chi connectivity index (χ3v) is 10.1. The number of rotatable bonds is 2. The molecule has 0 spiro atoms. The second-order valence-electron chi connectivity index (χ2n) is 12.8. The van der Waals surface area contributed by atoms with Gasteiger partial charge in [-0.25, -0.2) is 0 Å². The zero-order valence-electron chi connectivity index (χ0n) is 24.7. The summed E-state index contributed by atoms with van der Waals surface area (Å²) in [6.07, 6.45) is 5.76. The Morgan fingerprint density at radius 3 is 2.30 bits per heavy atom. The molecule has 0 amide bonds. The van der Waals surface area contributed by atoms with Crippen LogP contribution in [0, 0.1) is 11.3 Å². The number of aromatic nitrogens is 1. The molecular weight excluding hydrogens is 536 g/mol. The highest BCUT2D eigenvalue weighted by molar-refractivity contribution is 6.09. The van der Waals surface area contributed by atoms with Gasteiger partial charge in [0.05, 0.1) is 28.4 Å². The van der Waals surface area contributed by atoms with Crippen LogP contribution in [0.3, 0.4) is 0 Å². The average molecular weight is 567 g/mol. The van der Waals surface area contributed by atoms with Gasteiger partial charge in [-0.05, 0) is 76.7 Å². The highest BCUT2D eigenvalue weighted by Gasteiger charge is 2.42. The van der Waals surface area contributed by atoms with Crippen LogP contribution in [0.4, 0.5) is 0 Å². The lowest BCUT2D eigenvalue weighted by molar-refractivity contribution is 0.255. The number of nitrogens with zero attached hydrogens (tertiary/aromatic N) is 2. The first kappa shape index (κ1) is 25.2. The Hall–Kier alpha value is -5.33. The molecule has 1 aliphatic heterocycles. The number of hydrogen-bond acceptors (Lipinski definition) is 2. The van der Waals surface area contributed by atoms with Crippen molar-refractivity contribution in [2.75, 3.05) is 0 Å². The van der Waals surface area contributed by atoms with Crippen LogP contribution in [-0.4, -0.2) is 10.7 Å². The molecule has 0 fully saturated rings. The van der Waals surface area contributed by atoms with E-state index in [0.717, 1.165) is 40.0 Å². The monoisotopic (exact) mass is 566 g/mol. The molecule has 0 saturated carbocycles. The smallest absolute Gasteiger partial charge is 0.125 e. The standard InChI is InChI=1S/C41H30N2O/c1-41(2)34-12-6-3-9-28(34)29-18-19-32-33-22-26(16-20-39(33)44-40(32)23-35(29)41)27-17-15-25(24-42)21-38(27)43-36-13-7-4-10-30(36)31-11-5-8-14-37(31)43/h3-18,20-23,32,40H,19H2,1-2H3. The molecule has 6 aromatic rings. The van der Waals surface area contributed by atoms with Crippen molar-refractivity contribution in [3.63, 3.8) is 0 Å². The van der Waals surface area contributed by atoms with Crippen LogP contribution >= 0.6 is 0 Å². The van der Waals surface area contributed by atoms with Crippen molar-refractivity contribution in [2.45, 2.75) is 37.7 Å². The molecule has 0 saturated heterocycles. The molecule has 3 nitrogen and oxygen atoms in total. The summed E-state index contributed by atoms with van der Waals surface area (Å²) >= 11 is 0. The number of ether oxygens (including phenoxy) is 1. The van der Waals surface area contributed by atoms with Gasteiger partial charge in [0.2, 0.25) is 0 Å². The minimum Gasteiger partial charge on any atom is -0.485 e. The summed E-state index contributed by atoms with van der Waals surface area (Å²) in [7, 11) is 0. The zero-order valence-corrected chi connectivity index (χ0v) is 24.7. The van der Waals surface area contributed by atoms with Gasteiger partial charge in [0.1, 0.15) is 11.9 Å². The van der Waals surface area contributed by atoms with Crippen LogP contribution in [-0.2, 0) is 5.41 Å². The van der Waals surface area contributed by atoms with E-state index in [1.807, 2.05) is 12.1 Å². The van der Waals surface area contributed by atoms with Gasteiger partial charge >= 0.3 is 0 Å². The van der Waals surface area contributed by atoms with Gasteiger partial charge in [-0.1, -0.05) is 92.7 Å². The number of hydrogen-bond donors (Lipinski definition) is 0. The quantitative estimate of drug-likeness (QED) is 0.209. The van der Waals surface area contributed by atoms with Gasteiger partial charge in [-0.3, -0.25) is 0 Å². The zero-order chi connectivity index (χ0) is 29.6. The molecule has 3 heteroatoms. The fraction of sp³-hybridized carbons (Fsp3) is 0.146. The molecule has 0 N–H and O–H groups in total. The molecule has 2 heterocycles. The summed E-state index contributed by atoms with van der Waals surface area (Å²) in [5.74, 6) is 1.21. The Labute approximate surface area is 257 Å². The summed E-state index contributed by atoms with van der Waals surface area (Å²) in [6.45, 7) is 4.67. The van der Waals surface area contributed by atoms with Crippen molar-refractivity contribution in [3.05, 3.63) is 149 Å². The van der Waals surface area contributed by atoms with E-state index in [4.69, 9.17) is 4.74 Å². The van der Waals surface area contributed by atoms with Crippen LogP contribution < -0.4 is 4.74 Å². The van der Waals surface area contributed by atoms with Gasteiger partial charge in [0, 0.05) is 33.2 Å². The van der Waals surface area contributed by atoms with Crippen LogP contribution in [0.25, 0.3) is 44.2 Å². The lowest BCUT2D eigenvalue weighted by atomic mass is 9.81. The predicted octanol–water partition coefficient (Wildman–Crippen LogP) is 9.87. The summed E-state index contributed by atoms with van der Waals surface area (Å²) < 4.78 is 8.99. The molecule has 2 atom stereocenters. The fourth-order valence-electron chi connectivity index (χ4n) is 7.96. The van der Waals surface area contributed by atoms with Crippen molar-refractivity contribution < 1.29 is 4.74 Å². The minimum absolute atomic E-state index is 0.00430. The Morgan fingerprint density at radius 1 is 0.795 bits per heavy atom. The number of fused-ring (bicyclic) bond motifs is 9. The Balaban J connectivity index is 1.20. The molecule has 2 aliphatic carbocycles. The van der Waals surface area contributed by atoms with E-state index in [1.54, 1.807) is 0 Å². The van der Waals surface area contributed by atoms with E-state index in [2.05, 4.69) is 134 Å². The topological polar surface area (TPSA) is 37.9 Å². The second-order valence-corrected chi connectivity index (χ2v) is 12.8. The molecule has 44 heavy (non-hydrogen) atoms. The molecule has 9 rings (SSSR count). The summed E-state index contributed by atoms with van der Waals surface area (Å²) in [4.78, 5) is 0. The van der Waals surface area contributed by atoms with Crippen molar-refractivity contribution in [1.82, 2.24) is 4.57 Å². The van der Waals surface area contributed by atoms with E-state index in [-0.39, 0.29) is 17.4 Å². The number of allylic oxidation sites excluding steroid dienone is 3. The lowest BCUT2D eigenvalue weighted by Crippen LogP contribution is -2.20. The van der Waals surface area contributed by atoms with E-state index < -0.39 is 0 Å². The van der Waals surface area contributed by atoms with Crippen molar-refractivity contribution in [3.8, 4) is 28.6 Å². The maximum Gasteiger partial charge on any atom is 0.125 e. The minimum atomic E-state index is -0.0552. The largest absolute Gasteiger partial charge is 0.485 e. The van der Waals surface area contributed by atoms with Gasteiger partial charge in [0.25, 0.3) is 0 Å². The predicted molar refractivity (Wildman–Crippen MR) is 178 cm³/mol. The van der Waals surface area contributed by atoms with Crippen molar-refractivity contribution >= 4 is 27.4 Å². The van der Waals surface area contributed by atoms with E-state index in [9.17, 15) is 5.26 Å². The van der Waals surface area contributed by atoms with E-state index in [0.29, 0.717) is 5.56 Å². The number of para-hydroxylation sites is 2. The van der Waals surface area contributed by atoms with Gasteiger partial charge in [-0.15, -0.1) is 0 Å². The first-order valence-electron chi connectivity index (χ1n) is 15.4. The van der Waals surface area contributed by atoms with Crippen LogP contribution in [0.5, 0.6) is 5.75 Å². The van der Waals surface area contributed by atoms with E-state index in [1.165, 1.54) is 38.6 Å². The Kier molecular flexibility index (Phi) is 5.20. The van der Waals surface area contributed by atoms with Crippen LogP contribution in [0.1, 0.15) is 48.4 Å². The van der Waals surface area contributed by atoms with Crippen LogP contribution in [0.2, 0.25) is 0 Å². The molecule has 1 aromatic heterocycles. The third kappa shape index (κ3) is 3.43. The van der Waals surface area contributed by atoms with E-state index >= 15 is 0 Å². The normalized spacial score (nSPS) is 19.2. The van der Waals surface area contributed by atoms with Gasteiger partial charge in [0.15, 0.2) is 0 Å². The molecule has 0 radical (unpaired) electrons. The van der Waals surface area contributed by atoms with Crippen molar-refractivity contribution in [2.24, 2.45) is 0 Å². The molecule has 2 unspecified atom stereocenters. The molecule has 210 valence electrons. The van der Waals surface area contributed by atoms with Gasteiger partial charge < -0.3 is 9.30 Å². The Morgan fingerprint density at radius 2 is 1.52 bits per heavy atom. The fourth-order valence-corrected chi connectivity index (χ4v) is 7.96. The molecular formula is C41H30N2O. The highest BCUT2D eigenvalue weighted by atomic mass is 16.5. The Bertz CT molecular complexity index is 2240. The lowest BCUT2D eigenvalue weighted by Gasteiger charge is -2.23. The second kappa shape index (κ2) is 9.09. The summed E-state index contributed by atoms with van der Waals surface area (Å²) in [6, 6.07) is 41.0. The highest BCUT2D eigenvalue weighted by Crippen LogP contribution is 2.54. The SMILES string of the molecule is CC1(C)C2=CC3Oc4ccc(-c5ccc(C#N)cc5-n5c6ccccc6c6ccccc65)cc4C3CC=C2c2ccccc21. The maximum absolute atomic E-state index is 9.91. The average Bonchev–Trinajstić information content (AvgIpc) is 3.59. The number of nitriles is 1. The van der Waals surface area contributed by atoms with Crippen LogP contribution in [0.15, 0.2) is 127 Å². The maximum atomic E-state index is 9.91. The molecule has 3 aliphatic rings. The summed E-state index contributed by atoms with van der Waals surface area (Å²) in [5, 5.41) is 12.3. The number of benzene rings is 5. The molecule has 5 aromatic carbocycles. The first-order valence-corrected chi connectivity index (χ1v) is 15.4. The summed E-state index contributed by atoms with van der Waals surface area (Å²) in [5.41, 5.74) is 12.8. The first-order chi connectivity index (χ1) is 21.5.